The molecule has 0 aliphatic heterocycles. The van der Waals surface area contributed by atoms with Gasteiger partial charge in [0.25, 0.3) is 15.9 Å². The second-order valence-electron chi connectivity index (χ2n) is 5.70. The van der Waals surface area contributed by atoms with E-state index >= 15 is 0 Å². The molecule has 1 aromatic heterocycles. The van der Waals surface area contributed by atoms with Gasteiger partial charge in [-0.2, -0.15) is 0 Å². The number of aryl methyl sites for hydroxylation is 1. The lowest BCUT2D eigenvalue weighted by molar-refractivity contribution is 0.0601. The topological polar surface area (TPSA) is 148 Å². The third kappa shape index (κ3) is 4.06. The molecule has 0 fully saturated rings. The zero-order chi connectivity index (χ0) is 21.9. The van der Waals surface area contributed by atoms with Crippen molar-refractivity contribution in [3.63, 3.8) is 0 Å². The van der Waals surface area contributed by atoms with Crippen LogP contribution in [0.2, 0.25) is 0 Å². The van der Waals surface area contributed by atoms with Gasteiger partial charge in [-0.25, -0.2) is 13.2 Å². The summed E-state index contributed by atoms with van der Waals surface area (Å²) in [6.07, 6.45) is 1.20. The fourth-order valence-electron chi connectivity index (χ4n) is 2.65. The molecule has 2 aromatic rings. The first-order valence-electron chi connectivity index (χ1n) is 8.01. The molecule has 158 valence electrons. The van der Waals surface area contributed by atoms with Crippen LogP contribution in [0.5, 0.6) is 17.2 Å². The molecule has 1 amide bonds. The standard InChI is InChI=1S/C17H21N3O8S/c1-20-8-9(6-11(20)16(18)21)29(23,24)19-13-10(17(22)28-5)7-12(25-2)14(26-3)15(13)27-4/h6-8,19H,1-5H3,(H2,18,21). The quantitative estimate of drug-likeness (QED) is 0.586. The van der Waals surface area contributed by atoms with Gasteiger partial charge in [0.15, 0.2) is 11.5 Å². The van der Waals surface area contributed by atoms with Crippen LogP contribution in [0.4, 0.5) is 5.69 Å². The van der Waals surface area contributed by atoms with Crippen molar-refractivity contribution < 1.29 is 37.0 Å². The lowest BCUT2D eigenvalue weighted by atomic mass is 10.1. The van der Waals surface area contributed by atoms with Crippen LogP contribution in [0.1, 0.15) is 20.8 Å². The number of primary amides is 1. The lowest BCUT2D eigenvalue weighted by Gasteiger charge is -2.19. The highest BCUT2D eigenvalue weighted by Gasteiger charge is 2.29. The number of nitrogens with one attached hydrogen (secondary N) is 1. The average molecular weight is 427 g/mol. The first-order chi connectivity index (χ1) is 13.6. The molecule has 12 heteroatoms. The molecule has 0 aliphatic carbocycles. The Morgan fingerprint density at radius 1 is 1.03 bits per heavy atom. The van der Waals surface area contributed by atoms with Crippen LogP contribution in [0.3, 0.4) is 0 Å². The number of esters is 1. The summed E-state index contributed by atoms with van der Waals surface area (Å²) in [4.78, 5) is 23.4. The molecule has 0 saturated heterocycles. The van der Waals surface area contributed by atoms with Gasteiger partial charge in [-0.15, -0.1) is 0 Å². The molecular weight excluding hydrogens is 406 g/mol. The Morgan fingerprint density at radius 2 is 1.66 bits per heavy atom. The largest absolute Gasteiger partial charge is 0.493 e. The highest BCUT2D eigenvalue weighted by Crippen LogP contribution is 2.46. The minimum atomic E-state index is -4.25. The third-order valence-corrected chi connectivity index (χ3v) is 5.33. The van der Waals surface area contributed by atoms with Gasteiger partial charge in [-0.3, -0.25) is 9.52 Å². The molecule has 29 heavy (non-hydrogen) atoms. The second-order valence-corrected chi connectivity index (χ2v) is 7.38. The summed E-state index contributed by atoms with van der Waals surface area (Å²) in [5.74, 6) is -1.54. The zero-order valence-electron chi connectivity index (χ0n) is 16.4. The Bertz CT molecular complexity index is 1060. The summed E-state index contributed by atoms with van der Waals surface area (Å²) in [5.41, 5.74) is 4.83. The third-order valence-electron chi connectivity index (χ3n) is 4.01. The number of carbonyl (C=O) groups excluding carboxylic acids is 2. The van der Waals surface area contributed by atoms with E-state index in [0.29, 0.717) is 0 Å². The van der Waals surface area contributed by atoms with Gasteiger partial charge < -0.3 is 29.2 Å². The number of hydrogen-bond acceptors (Lipinski definition) is 8. The predicted molar refractivity (Wildman–Crippen MR) is 102 cm³/mol. The number of sulfonamides is 1. The van der Waals surface area contributed by atoms with E-state index in [0.717, 1.165) is 13.2 Å². The Hall–Kier alpha value is -3.41. The minimum Gasteiger partial charge on any atom is -0.493 e. The van der Waals surface area contributed by atoms with Crippen molar-refractivity contribution in [1.82, 2.24) is 4.57 Å². The van der Waals surface area contributed by atoms with Gasteiger partial charge in [-0.05, 0) is 6.07 Å². The first kappa shape index (κ1) is 21.9. The van der Waals surface area contributed by atoms with Crippen molar-refractivity contribution in [2.24, 2.45) is 12.8 Å². The lowest BCUT2D eigenvalue weighted by Crippen LogP contribution is -2.17. The number of benzene rings is 1. The fraction of sp³-hybridized carbons (Fsp3) is 0.294. The maximum atomic E-state index is 12.9. The molecule has 0 bridgehead atoms. The summed E-state index contributed by atoms with van der Waals surface area (Å²) in [5, 5.41) is 0. The number of carbonyl (C=O) groups is 2. The summed E-state index contributed by atoms with van der Waals surface area (Å²) >= 11 is 0. The van der Waals surface area contributed by atoms with E-state index in [9.17, 15) is 18.0 Å². The second kappa shape index (κ2) is 8.31. The van der Waals surface area contributed by atoms with E-state index in [-0.39, 0.29) is 39.1 Å². The van der Waals surface area contributed by atoms with Crippen LogP contribution >= 0.6 is 0 Å². The van der Waals surface area contributed by atoms with Crippen molar-refractivity contribution in [2.75, 3.05) is 33.2 Å². The van der Waals surface area contributed by atoms with Crippen molar-refractivity contribution in [1.29, 1.82) is 0 Å². The van der Waals surface area contributed by atoms with Crippen LogP contribution in [0.15, 0.2) is 23.2 Å². The van der Waals surface area contributed by atoms with Crippen molar-refractivity contribution in [3.05, 3.63) is 29.6 Å². The molecule has 0 radical (unpaired) electrons. The minimum absolute atomic E-state index is 0.0159. The number of anilines is 1. The smallest absolute Gasteiger partial charge is 0.340 e. The van der Waals surface area contributed by atoms with E-state index in [1.165, 1.54) is 45.2 Å². The van der Waals surface area contributed by atoms with Gasteiger partial charge in [0, 0.05) is 19.3 Å². The van der Waals surface area contributed by atoms with Gasteiger partial charge in [0.05, 0.1) is 34.0 Å². The monoisotopic (exact) mass is 427 g/mol. The molecule has 1 heterocycles. The maximum Gasteiger partial charge on any atom is 0.340 e. The number of aromatic nitrogens is 1. The van der Waals surface area contributed by atoms with Crippen LogP contribution < -0.4 is 24.7 Å². The highest BCUT2D eigenvalue weighted by atomic mass is 32.2. The molecule has 2 rings (SSSR count). The Morgan fingerprint density at radius 3 is 2.10 bits per heavy atom. The molecule has 1 aromatic carbocycles. The molecule has 0 atom stereocenters. The van der Waals surface area contributed by atoms with Crippen LogP contribution in [-0.2, 0) is 21.8 Å². The van der Waals surface area contributed by atoms with Crippen molar-refractivity contribution in [3.8, 4) is 17.2 Å². The molecule has 0 spiro atoms. The molecule has 0 aliphatic rings. The number of amides is 1. The zero-order valence-corrected chi connectivity index (χ0v) is 17.2. The molecule has 3 N–H and O–H groups in total. The Kier molecular flexibility index (Phi) is 6.27. The number of nitrogens with zero attached hydrogens (tertiary/aromatic N) is 1. The summed E-state index contributed by atoms with van der Waals surface area (Å²) in [6, 6.07) is 2.36. The Labute approximate surface area is 167 Å². The highest BCUT2D eigenvalue weighted by molar-refractivity contribution is 7.92. The van der Waals surface area contributed by atoms with E-state index in [1.807, 2.05) is 0 Å². The number of hydrogen-bond donors (Lipinski definition) is 2. The van der Waals surface area contributed by atoms with Gasteiger partial charge in [0.1, 0.15) is 16.3 Å². The van der Waals surface area contributed by atoms with E-state index < -0.39 is 21.9 Å². The Balaban J connectivity index is 2.70. The summed E-state index contributed by atoms with van der Waals surface area (Å²) in [7, 11) is 2.29. The van der Waals surface area contributed by atoms with E-state index in [2.05, 4.69) is 4.72 Å². The van der Waals surface area contributed by atoms with E-state index in [4.69, 9.17) is 24.7 Å². The van der Waals surface area contributed by atoms with Gasteiger partial charge in [0.2, 0.25) is 5.75 Å². The number of nitrogens with two attached hydrogens (primary N) is 1. The average Bonchev–Trinajstić information content (AvgIpc) is 3.09. The molecule has 0 saturated carbocycles. The SMILES string of the molecule is COC(=O)c1cc(OC)c(OC)c(OC)c1NS(=O)(=O)c1cc(C(N)=O)n(C)c1. The summed E-state index contributed by atoms with van der Waals surface area (Å²) in [6.45, 7) is 0. The van der Waals surface area contributed by atoms with E-state index in [1.54, 1.807) is 0 Å². The fourth-order valence-corrected chi connectivity index (χ4v) is 3.80. The van der Waals surface area contributed by atoms with Gasteiger partial charge in [-0.1, -0.05) is 0 Å². The molecular formula is C17H21N3O8S. The molecule has 11 nitrogen and oxygen atoms in total. The number of ether oxygens (including phenoxy) is 4. The van der Waals surface area contributed by atoms with Crippen LogP contribution in [0.25, 0.3) is 0 Å². The number of rotatable bonds is 8. The number of methoxy groups -OCH3 is 4. The van der Waals surface area contributed by atoms with Crippen LogP contribution in [-0.4, -0.2) is 53.3 Å². The first-order valence-corrected chi connectivity index (χ1v) is 9.49. The normalized spacial score (nSPS) is 10.9. The van der Waals surface area contributed by atoms with Crippen LogP contribution in [0, 0.1) is 0 Å². The maximum absolute atomic E-state index is 12.9. The molecule has 0 unspecified atom stereocenters. The van der Waals surface area contributed by atoms with Gasteiger partial charge >= 0.3 is 5.97 Å². The summed E-state index contributed by atoms with van der Waals surface area (Å²) < 4.78 is 49.8. The van der Waals surface area contributed by atoms with Crippen molar-refractivity contribution >= 4 is 27.6 Å². The van der Waals surface area contributed by atoms with Crippen molar-refractivity contribution in [2.45, 2.75) is 4.90 Å². The predicted octanol–water partition coefficient (Wildman–Crippen LogP) is 0.737.